The maximum Gasteiger partial charge on any atom is 0.259 e. The Bertz CT molecular complexity index is 1260. The molecule has 0 saturated carbocycles. The number of benzene rings is 2. The molecule has 39 heavy (non-hydrogen) atoms. The lowest BCUT2D eigenvalue weighted by Gasteiger charge is -2.30. The second kappa shape index (κ2) is 13.9. The number of hydrogen-bond acceptors (Lipinski definition) is 8. The van der Waals surface area contributed by atoms with Crippen LogP contribution in [0.1, 0.15) is 32.3 Å². The number of sulfonamides is 1. The van der Waals surface area contributed by atoms with Crippen LogP contribution >= 0.6 is 0 Å². The van der Waals surface area contributed by atoms with Crippen LogP contribution in [-0.2, 0) is 19.6 Å². The third kappa shape index (κ3) is 8.17. The lowest BCUT2D eigenvalue weighted by Crippen LogP contribution is -2.42. The summed E-state index contributed by atoms with van der Waals surface area (Å²) >= 11 is 0. The molecule has 1 fully saturated rings. The van der Waals surface area contributed by atoms with Gasteiger partial charge in [-0.2, -0.15) is 9.41 Å². The summed E-state index contributed by atoms with van der Waals surface area (Å²) in [5.41, 5.74) is 3.22. The molecule has 2 amide bonds. The number of nitrogens with one attached hydrogen (secondary N) is 1. The number of piperidine rings is 1. The van der Waals surface area contributed by atoms with Gasteiger partial charge in [0.05, 0.1) is 24.3 Å². The molecular weight excluding hydrogens is 524 g/mol. The number of carbonyl (C=O) groups excluding carboxylic acids is 2. The predicted molar refractivity (Wildman–Crippen MR) is 147 cm³/mol. The van der Waals surface area contributed by atoms with Gasteiger partial charge in [-0.15, -0.1) is 0 Å². The number of likely N-dealkylation sites (N-methyl/N-ethyl adjacent to an activating group) is 1. The number of amides is 2. The molecule has 11 nitrogen and oxygen atoms in total. The smallest absolute Gasteiger partial charge is 0.259 e. The van der Waals surface area contributed by atoms with Gasteiger partial charge in [-0.1, -0.05) is 0 Å². The van der Waals surface area contributed by atoms with E-state index in [-0.39, 0.29) is 42.3 Å². The molecule has 1 saturated heterocycles. The van der Waals surface area contributed by atoms with E-state index in [4.69, 9.17) is 14.2 Å². The molecule has 3 rings (SSSR count). The van der Waals surface area contributed by atoms with Crippen LogP contribution in [0.25, 0.3) is 0 Å². The molecule has 12 heteroatoms. The molecule has 0 aliphatic carbocycles. The van der Waals surface area contributed by atoms with E-state index >= 15 is 0 Å². The third-order valence-electron chi connectivity index (χ3n) is 6.10. The van der Waals surface area contributed by atoms with Gasteiger partial charge in [0.2, 0.25) is 15.9 Å². The molecule has 0 bridgehead atoms. The van der Waals surface area contributed by atoms with Crippen molar-refractivity contribution in [2.45, 2.75) is 31.6 Å². The lowest BCUT2D eigenvalue weighted by atomic mass is 9.98. The third-order valence-corrected chi connectivity index (χ3v) is 8.02. The van der Waals surface area contributed by atoms with Crippen LogP contribution in [0.4, 0.5) is 0 Å². The summed E-state index contributed by atoms with van der Waals surface area (Å²) in [4.78, 5) is 26.1. The van der Waals surface area contributed by atoms with Crippen molar-refractivity contribution in [3.8, 4) is 17.2 Å². The molecule has 0 unspecified atom stereocenters. The largest absolute Gasteiger partial charge is 0.494 e. The Morgan fingerprint density at radius 2 is 1.67 bits per heavy atom. The number of carbonyl (C=O) groups is 2. The zero-order valence-electron chi connectivity index (χ0n) is 22.8. The van der Waals surface area contributed by atoms with Crippen molar-refractivity contribution in [2.75, 3.05) is 47.0 Å². The van der Waals surface area contributed by atoms with E-state index < -0.39 is 10.0 Å². The van der Waals surface area contributed by atoms with E-state index in [1.165, 1.54) is 27.6 Å². The van der Waals surface area contributed by atoms with Crippen molar-refractivity contribution in [3.05, 3.63) is 48.0 Å². The Labute approximate surface area is 229 Å². The number of rotatable bonds is 12. The Balaban J connectivity index is 1.53. The molecule has 1 heterocycles. The average Bonchev–Trinajstić information content (AvgIpc) is 2.93. The second-order valence-electron chi connectivity index (χ2n) is 9.03. The monoisotopic (exact) mass is 560 g/mol. The summed E-state index contributed by atoms with van der Waals surface area (Å²) < 4.78 is 44.0. The summed E-state index contributed by atoms with van der Waals surface area (Å²) in [6.07, 6.45) is 2.27. The van der Waals surface area contributed by atoms with Crippen LogP contribution in [0.2, 0.25) is 0 Å². The first kappa shape index (κ1) is 29.9. The molecule has 0 spiro atoms. The summed E-state index contributed by atoms with van der Waals surface area (Å²) in [6.45, 7) is 4.98. The first-order valence-corrected chi connectivity index (χ1v) is 14.3. The molecule has 1 aliphatic rings. The second-order valence-corrected chi connectivity index (χ2v) is 11.0. The van der Waals surface area contributed by atoms with Crippen molar-refractivity contribution in [3.63, 3.8) is 0 Å². The first-order valence-electron chi connectivity index (χ1n) is 12.8. The minimum atomic E-state index is -3.65. The maximum atomic E-state index is 13.0. The Hall–Kier alpha value is -3.64. The van der Waals surface area contributed by atoms with Gasteiger partial charge in [-0.25, -0.2) is 13.8 Å². The zero-order valence-corrected chi connectivity index (χ0v) is 23.6. The summed E-state index contributed by atoms with van der Waals surface area (Å²) in [5.74, 6) is 0.711. The van der Waals surface area contributed by atoms with Crippen molar-refractivity contribution in [1.29, 1.82) is 0 Å². The number of nitrogens with zero attached hydrogens (tertiary/aromatic N) is 3. The standard InChI is InChI=1S/C27H36N4O7S/c1-5-36-22-8-10-23(11-9-22)39(34,35)31-15-13-21(14-16-31)27(33)29-28-18-20-7-12-24(25(17-20)37-6-2)38-19-26(32)30(3)4/h7-12,17-18,21H,5-6,13-16,19H2,1-4H3,(H,29,33). The summed E-state index contributed by atoms with van der Waals surface area (Å²) in [5, 5.41) is 4.06. The Morgan fingerprint density at radius 1 is 1.00 bits per heavy atom. The molecule has 1 aliphatic heterocycles. The van der Waals surface area contributed by atoms with Crippen molar-refractivity contribution in [1.82, 2.24) is 14.6 Å². The van der Waals surface area contributed by atoms with Crippen LogP contribution < -0.4 is 19.6 Å². The van der Waals surface area contributed by atoms with E-state index in [1.54, 1.807) is 44.4 Å². The van der Waals surface area contributed by atoms with Crippen molar-refractivity contribution >= 4 is 28.1 Å². The molecule has 212 valence electrons. The highest BCUT2D eigenvalue weighted by atomic mass is 32.2. The molecule has 0 atom stereocenters. The van der Waals surface area contributed by atoms with E-state index in [1.807, 2.05) is 13.8 Å². The molecule has 1 N–H and O–H groups in total. The van der Waals surface area contributed by atoms with Gasteiger partial charge in [0.25, 0.3) is 5.91 Å². The Kier molecular flexibility index (Phi) is 10.7. The van der Waals surface area contributed by atoms with Gasteiger partial charge in [0, 0.05) is 33.1 Å². The van der Waals surface area contributed by atoms with Gasteiger partial charge < -0.3 is 19.1 Å². The number of hydrazone groups is 1. The van der Waals surface area contributed by atoms with E-state index in [2.05, 4.69) is 10.5 Å². The molecule has 2 aromatic carbocycles. The molecular formula is C27H36N4O7S. The molecule has 2 aromatic rings. The van der Waals surface area contributed by atoms with Crippen LogP contribution in [0.15, 0.2) is 52.5 Å². The van der Waals surface area contributed by atoms with Crippen LogP contribution in [0.3, 0.4) is 0 Å². The van der Waals surface area contributed by atoms with Gasteiger partial charge in [0.1, 0.15) is 5.75 Å². The van der Waals surface area contributed by atoms with Gasteiger partial charge in [-0.05, 0) is 74.7 Å². The Morgan fingerprint density at radius 3 is 2.28 bits per heavy atom. The van der Waals surface area contributed by atoms with Gasteiger partial charge >= 0.3 is 0 Å². The summed E-state index contributed by atoms with van der Waals surface area (Å²) in [6, 6.07) is 11.5. The zero-order chi connectivity index (χ0) is 28.4. The van der Waals surface area contributed by atoms with Gasteiger partial charge in [0.15, 0.2) is 18.1 Å². The van der Waals surface area contributed by atoms with Crippen LogP contribution in [-0.4, -0.2) is 82.7 Å². The van der Waals surface area contributed by atoms with Crippen molar-refractivity contribution in [2.24, 2.45) is 11.0 Å². The highest BCUT2D eigenvalue weighted by Gasteiger charge is 2.32. The number of ether oxygens (including phenoxy) is 3. The van der Waals surface area contributed by atoms with E-state index in [0.717, 1.165) is 0 Å². The minimum Gasteiger partial charge on any atom is -0.494 e. The maximum absolute atomic E-state index is 13.0. The summed E-state index contributed by atoms with van der Waals surface area (Å²) in [7, 11) is -0.347. The van der Waals surface area contributed by atoms with Gasteiger partial charge in [-0.3, -0.25) is 9.59 Å². The predicted octanol–water partition coefficient (Wildman–Crippen LogP) is 2.50. The normalized spacial score (nSPS) is 14.7. The SMILES string of the molecule is CCOc1ccc(S(=O)(=O)N2CCC(C(=O)NN=Cc3ccc(OCC(=O)N(C)C)c(OCC)c3)CC2)cc1. The van der Waals surface area contributed by atoms with E-state index in [9.17, 15) is 18.0 Å². The highest BCUT2D eigenvalue weighted by Crippen LogP contribution is 2.28. The topological polar surface area (TPSA) is 127 Å². The fourth-order valence-corrected chi connectivity index (χ4v) is 5.37. The number of hydrogen-bond donors (Lipinski definition) is 1. The molecule has 0 aromatic heterocycles. The average molecular weight is 561 g/mol. The fraction of sp³-hybridized carbons (Fsp3) is 0.444. The van der Waals surface area contributed by atoms with E-state index in [0.29, 0.717) is 48.9 Å². The van der Waals surface area contributed by atoms with Crippen LogP contribution in [0.5, 0.6) is 17.2 Å². The minimum absolute atomic E-state index is 0.114. The molecule has 0 radical (unpaired) electrons. The van der Waals surface area contributed by atoms with Crippen molar-refractivity contribution < 1.29 is 32.2 Å². The quantitative estimate of drug-likeness (QED) is 0.312. The first-order chi connectivity index (χ1) is 18.6. The highest BCUT2D eigenvalue weighted by molar-refractivity contribution is 7.89. The lowest BCUT2D eigenvalue weighted by molar-refractivity contribution is -0.130. The van der Waals surface area contributed by atoms with Crippen LogP contribution in [0, 0.1) is 5.92 Å². The fourth-order valence-electron chi connectivity index (χ4n) is 3.90.